The van der Waals surface area contributed by atoms with E-state index in [0.29, 0.717) is 0 Å². The lowest BCUT2D eigenvalue weighted by Crippen LogP contribution is -2.59. The highest BCUT2D eigenvalue weighted by atomic mass is 31.2. The van der Waals surface area contributed by atoms with E-state index in [-0.39, 0.29) is 18.9 Å². The second-order valence-corrected chi connectivity index (χ2v) is 7.56. The lowest BCUT2D eigenvalue weighted by atomic mass is 10.0. The van der Waals surface area contributed by atoms with Crippen molar-refractivity contribution in [3.8, 4) is 0 Å². The zero-order valence-electron chi connectivity index (χ0n) is 14.2. The Morgan fingerprint density at radius 3 is 2.17 bits per heavy atom. The highest BCUT2D eigenvalue weighted by molar-refractivity contribution is 7.56. The summed E-state index contributed by atoms with van der Waals surface area (Å²) in [7, 11) is -0.823. The molecule has 0 saturated carbocycles. The van der Waals surface area contributed by atoms with E-state index < -0.39 is 37.0 Å². The number of amides is 1. The van der Waals surface area contributed by atoms with Crippen molar-refractivity contribution in [2.75, 3.05) is 27.9 Å². The molecule has 1 amide bonds. The van der Waals surface area contributed by atoms with Crippen molar-refractivity contribution in [1.82, 2.24) is 5.32 Å². The number of rotatable bonds is 6. The molecule has 0 spiro atoms. The summed E-state index contributed by atoms with van der Waals surface area (Å²) in [5.74, 6) is -2.01. The molecule has 1 fully saturated rings. The lowest BCUT2D eigenvalue weighted by molar-refractivity contribution is -0.182. The van der Waals surface area contributed by atoms with Crippen LogP contribution < -0.4 is 5.32 Å². The number of carbonyl (C=O) groups is 3. The van der Waals surface area contributed by atoms with Gasteiger partial charge in [-0.2, -0.15) is 0 Å². The van der Waals surface area contributed by atoms with Gasteiger partial charge in [0.15, 0.2) is 0 Å². The van der Waals surface area contributed by atoms with Gasteiger partial charge in [-0.3, -0.25) is 14.2 Å². The van der Waals surface area contributed by atoms with Crippen LogP contribution in [0.25, 0.3) is 0 Å². The molecule has 138 valence electrons. The Labute approximate surface area is 139 Å². The molecule has 0 unspecified atom stereocenters. The van der Waals surface area contributed by atoms with Crippen LogP contribution in [0.15, 0.2) is 0 Å². The van der Waals surface area contributed by atoms with Crippen molar-refractivity contribution < 1.29 is 42.2 Å². The summed E-state index contributed by atoms with van der Waals surface area (Å²) < 4.78 is 38.0. The molecule has 0 aromatic heterocycles. The van der Waals surface area contributed by atoms with Gasteiger partial charge in [-0.05, 0) is 0 Å². The van der Waals surface area contributed by atoms with Crippen molar-refractivity contribution in [1.29, 1.82) is 0 Å². The maximum absolute atomic E-state index is 12.9. The SMILES string of the molecule is COC(=O)[C@]1(P(=O)(OC)OC)C[C@H](OC(C)=O)[C@@H](NC(C)=O)CO1. The molecule has 3 atom stereocenters. The van der Waals surface area contributed by atoms with Crippen LogP contribution in [-0.2, 0) is 42.2 Å². The van der Waals surface area contributed by atoms with Crippen molar-refractivity contribution in [2.24, 2.45) is 0 Å². The minimum Gasteiger partial charge on any atom is -0.466 e. The van der Waals surface area contributed by atoms with Crippen LogP contribution >= 0.6 is 7.60 Å². The summed E-state index contributed by atoms with van der Waals surface area (Å²) >= 11 is 0. The second-order valence-electron chi connectivity index (χ2n) is 5.11. The molecular formula is C13H22NO9P. The first kappa shape index (κ1) is 20.6. The molecular weight excluding hydrogens is 345 g/mol. The van der Waals surface area contributed by atoms with E-state index in [9.17, 15) is 18.9 Å². The first-order chi connectivity index (χ1) is 11.2. The fraction of sp³-hybridized carbons (Fsp3) is 0.769. The first-order valence-electron chi connectivity index (χ1n) is 7.04. The molecule has 0 bridgehead atoms. The molecule has 0 aliphatic carbocycles. The van der Waals surface area contributed by atoms with E-state index in [1.54, 1.807) is 0 Å². The van der Waals surface area contributed by atoms with Crippen LogP contribution in [0.5, 0.6) is 0 Å². The zero-order chi connectivity index (χ0) is 18.5. The van der Waals surface area contributed by atoms with Crippen LogP contribution in [0.4, 0.5) is 0 Å². The number of hydrogen-bond donors (Lipinski definition) is 1. The quantitative estimate of drug-likeness (QED) is 0.517. The van der Waals surface area contributed by atoms with E-state index in [0.717, 1.165) is 21.3 Å². The molecule has 1 N–H and O–H groups in total. The average Bonchev–Trinajstić information content (AvgIpc) is 2.53. The average molecular weight is 367 g/mol. The summed E-state index contributed by atoms with van der Waals surface area (Å²) in [6, 6.07) is -0.730. The van der Waals surface area contributed by atoms with Gasteiger partial charge in [-0.25, -0.2) is 4.79 Å². The molecule has 10 nitrogen and oxygen atoms in total. The van der Waals surface area contributed by atoms with Crippen LogP contribution in [0, 0.1) is 0 Å². The fourth-order valence-electron chi connectivity index (χ4n) is 2.52. The maximum Gasteiger partial charge on any atom is 0.373 e. The third-order valence-corrected chi connectivity index (χ3v) is 5.90. The van der Waals surface area contributed by atoms with Gasteiger partial charge in [0.2, 0.25) is 5.91 Å². The molecule has 1 saturated heterocycles. The van der Waals surface area contributed by atoms with Gasteiger partial charge in [-0.15, -0.1) is 0 Å². The highest BCUT2D eigenvalue weighted by Gasteiger charge is 2.63. The third-order valence-electron chi connectivity index (χ3n) is 3.56. The summed E-state index contributed by atoms with van der Waals surface area (Å²) in [6.07, 6.45) is -1.36. The van der Waals surface area contributed by atoms with Gasteiger partial charge < -0.3 is 28.6 Å². The molecule has 0 aromatic carbocycles. The van der Waals surface area contributed by atoms with Gasteiger partial charge >= 0.3 is 19.5 Å². The Bertz CT molecular complexity index is 544. The zero-order valence-corrected chi connectivity index (χ0v) is 15.1. The highest BCUT2D eigenvalue weighted by Crippen LogP contribution is 2.63. The molecule has 0 aromatic rings. The maximum atomic E-state index is 12.9. The van der Waals surface area contributed by atoms with E-state index in [4.69, 9.17) is 18.5 Å². The van der Waals surface area contributed by atoms with Gasteiger partial charge in [0.25, 0.3) is 5.34 Å². The Balaban J connectivity index is 3.28. The third kappa shape index (κ3) is 3.94. The topological polar surface area (TPSA) is 126 Å². The smallest absolute Gasteiger partial charge is 0.373 e. The van der Waals surface area contributed by atoms with Crippen molar-refractivity contribution >= 4 is 25.4 Å². The number of nitrogens with one attached hydrogen (secondary N) is 1. The number of esters is 2. The molecule has 0 radical (unpaired) electrons. The minimum atomic E-state index is -4.10. The monoisotopic (exact) mass is 367 g/mol. The molecule has 1 heterocycles. The lowest BCUT2D eigenvalue weighted by Gasteiger charge is -2.43. The van der Waals surface area contributed by atoms with E-state index in [2.05, 4.69) is 10.1 Å². The standard InChI is InChI=1S/C13H22NO9P/c1-8(15)14-10-7-22-13(12(17)19-3,24(18,20-4)21-5)6-11(10)23-9(2)16/h10-11H,6-7H2,1-5H3,(H,14,15)/t10-,11-,13+/m0/s1. The summed E-state index contributed by atoms with van der Waals surface area (Å²) in [6.45, 7) is 2.19. The first-order valence-corrected chi connectivity index (χ1v) is 8.58. The Morgan fingerprint density at radius 1 is 1.17 bits per heavy atom. The molecule has 1 aliphatic heterocycles. The van der Waals surface area contributed by atoms with Gasteiger partial charge in [-0.1, -0.05) is 0 Å². The largest absolute Gasteiger partial charge is 0.466 e. The van der Waals surface area contributed by atoms with Crippen molar-refractivity contribution in [3.05, 3.63) is 0 Å². The van der Waals surface area contributed by atoms with Crippen molar-refractivity contribution in [3.63, 3.8) is 0 Å². The summed E-state index contributed by atoms with van der Waals surface area (Å²) in [4.78, 5) is 35.0. The Kier molecular flexibility index (Phi) is 6.91. The van der Waals surface area contributed by atoms with Crippen LogP contribution in [0.3, 0.4) is 0 Å². The van der Waals surface area contributed by atoms with Gasteiger partial charge in [0, 0.05) is 34.5 Å². The second kappa shape index (κ2) is 8.06. The van der Waals surface area contributed by atoms with Crippen LogP contribution in [0.2, 0.25) is 0 Å². The van der Waals surface area contributed by atoms with E-state index in [1.807, 2.05) is 0 Å². The molecule has 24 heavy (non-hydrogen) atoms. The Morgan fingerprint density at radius 2 is 1.75 bits per heavy atom. The minimum absolute atomic E-state index is 0.261. The summed E-state index contributed by atoms with van der Waals surface area (Å²) in [5, 5.41) is 0.444. The summed E-state index contributed by atoms with van der Waals surface area (Å²) in [5.41, 5.74) is 0. The van der Waals surface area contributed by atoms with Crippen LogP contribution in [-0.4, -0.2) is 63.3 Å². The predicted octanol–water partition coefficient (Wildman–Crippen LogP) is 0.198. The van der Waals surface area contributed by atoms with Gasteiger partial charge in [0.05, 0.1) is 19.8 Å². The number of ether oxygens (including phenoxy) is 3. The van der Waals surface area contributed by atoms with Gasteiger partial charge in [0.1, 0.15) is 6.10 Å². The van der Waals surface area contributed by atoms with Crippen molar-refractivity contribution in [2.45, 2.75) is 37.8 Å². The fourth-order valence-corrected chi connectivity index (χ4v) is 4.21. The Hall–Kier alpha value is -1.48. The number of methoxy groups -OCH3 is 1. The molecule has 1 rings (SSSR count). The predicted molar refractivity (Wildman–Crippen MR) is 80.1 cm³/mol. The molecule has 1 aliphatic rings. The molecule has 11 heteroatoms. The van der Waals surface area contributed by atoms with E-state index in [1.165, 1.54) is 13.8 Å². The number of hydrogen-bond acceptors (Lipinski definition) is 9. The van der Waals surface area contributed by atoms with Crippen LogP contribution in [0.1, 0.15) is 20.3 Å². The normalized spacial score (nSPS) is 27.2. The van der Waals surface area contributed by atoms with E-state index >= 15 is 0 Å². The number of carbonyl (C=O) groups excluding carboxylic acids is 3.